The average Bonchev–Trinajstić information content (AvgIpc) is 2.41. The van der Waals surface area contributed by atoms with Crippen molar-refractivity contribution in [2.45, 2.75) is 6.92 Å². The second kappa shape index (κ2) is 6.18. The number of nitrogens with one attached hydrogen (secondary N) is 1. The topological polar surface area (TPSA) is 58.4 Å². The molecular formula is C16H18BrN3O. The van der Waals surface area contributed by atoms with E-state index in [1.54, 1.807) is 12.1 Å². The number of anilines is 3. The number of benzene rings is 2. The molecule has 0 aliphatic carbocycles. The van der Waals surface area contributed by atoms with E-state index in [-0.39, 0.29) is 5.91 Å². The van der Waals surface area contributed by atoms with Gasteiger partial charge >= 0.3 is 0 Å². The van der Waals surface area contributed by atoms with Gasteiger partial charge in [0.05, 0.1) is 11.4 Å². The molecule has 0 aromatic heterocycles. The van der Waals surface area contributed by atoms with Crippen LogP contribution < -0.4 is 16.0 Å². The average molecular weight is 348 g/mol. The van der Waals surface area contributed by atoms with E-state index in [1.807, 2.05) is 50.2 Å². The van der Waals surface area contributed by atoms with E-state index in [1.165, 1.54) is 0 Å². The van der Waals surface area contributed by atoms with Gasteiger partial charge < -0.3 is 16.0 Å². The fraction of sp³-hybridized carbons (Fsp3) is 0.188. The zero-order chi connectivity index (χ0) is 15.6. The van der Waals surface area contributed by atoms with Gasteiger partial charge in [0.25, 0.3) is 5.91 Å². The summed E-state index contributed by atoms with van der Waals surface area (Å²) >= 11 is 3.40. The molecule has 2 rings (SSSR count). The molecule has 2 aromatic carbocycles. The zero-order valence-corrected chi connectivity index (χ0v) is 13.9. The maximum Gasteiger partial charge on any atom is 0.255 e. The van der Waals surface area contributed by atoms with Crippen LogP contribution >= 0.6 is 15.9 Å². The van der Waals surface area contributed by atoms with Crippen molar-refractivity contribution in [3.05, 3.63) is 52.0 Å². The summed E-state index contributed by atoms with van der Waals surface area (Å²) in [7, 11) is 3.83. The molecule has 0 aliphatic rings. The van der Waals surface area contributed by atoms with Gasteiger partial charge in [-0.15, -0.1) is 0 Å². The van der Waals surface area contributed by atoms with Gasteiger partial charge in [0.15, 0.2) is 0 Å². The van der Waals surface area contributed by atoms with Gasteiger partial charge in [-0.05, 0) is 48.9 Å². The Labute approximate surface area is 133 Å². The van der Waals surface area contributed by atoms with E-state index < -0.39 is 0 Å². The van der Waals surface area contributed by atoms with E-state index in [2.05, 4.69) is 21.2 Å². The summed E-state index contributed by atoms with van der Waals surface area (Å²) in [6, 6.07) is 11.0. The Kier molecular flexibility index (Phi) is 4.53. The minimum atomic E-state index is -0.169. The molecule has 0 aliphatic heterocycles. The Hall–Kier alpha value is -2.01. The predicted molar refractivity (Wildman–Crippen MR) is 92.0 cm³/mol. The standard InChI is InChI=1S/C16H18BrN3O/c1-10-8-12(17)5-6-14(10)19-16(21)11-4-7-15(20(2)3)13(18)9-11/h4-9H,18H2,1-3H3,(H,19,21). The van der Waals surface area contributed by atoms with Crippen molar-refractivity contribution in [3.63, 3.8) is 0 Å². The van der Waals surface area contributed by atoms with Crippen LogP contribution in [0, 0.1) is 6.92 Å². The van der Waals surface area contributed by atoms with Crippen molar-refractivity contribution >= 4 is 38.9 Å². The van der Waals surface area contributed by atoms with Crippen molar-refractivity contribution in [2.24, 2.45) is 0 Å². The molecule has 5 heteroatoms. The van der Waals surface area contributed by atoms with Crippen LogP contribution in [-0.2, 0) is 0 Å². The van der Waals surface area contributed by atoms with Crippen LogP contribution in [0.1, 0.15) is 15.9 Å². The molecule has 3 N–H and O–H groups in total. The van der Waals surface area contributed by atoms with Gasteiger partial charge in [-0.1, -0.05) is 15.9 Å². The molecular weight excluding hydrogens is 330 g/mol. The summed E-state index contributed by atoms with van der Waals surface area (Å²) in [5, 5.41) is 2.90. The number of nitrogens with zero attached hydrogens (tertiary/aromatic N) is 1. The minimum Gasteiger partial charge on any atom is -0.397 e. The van der Waals surface area contributed by atoms with Crippen LogP contribution in [0.2, 0.25) is 0 Å². The Morgan fingerprint density at radius 3 is 2.48 bits per heavy atom. The van der Waals surface area contributed by atoms with Gasteiger partial charge in [-0.2, -0.15) is 0 Å². The van der Waals surface area contributed by atoms with Crippen LogP contribution in [0.4, 0.5) is 17.1 Å². The number of carbonyl (C=O) groups is 1. The van der Waals surface area contributed by atoms with Crippen LogP contribution in [0.15, 0.2) is 40.9 Å². The summed E-state index contributed by atoms with van der Waals surface area (Å²) in [5.41, 5.74) is 9.78. The highest BCUT2D eigenvalue weighted by Crippen LogP contribution is 2.24. The second-order valence-corrected chi connectivity index (χ2v) is 6.00. The van der Waals surface area contributed by atoms with E-state index >= 15 is 0 Å². The van der Waals surface area contributed by atoms with E-state index in [4.69, 9.17) is 5.73 Å². The Morgan fingerprint density at radius 1 is 1.19 bits per heavy atom. The van der Waals surface area contributed by atoms with Crippen molar-refractivity contribution in [1.29, 1.82) is 0 Å². The highest BCUT2D eigenvalue weighted by Gasteiger charge is 2.10. The molecule has 0 heterocycles. The smallest absolute Gasteiger partial charge is 0.255 e. The van der Waals surface area contributed by atoms with Crippen LogP contribution in [-0.4, -0.2) is 20.0 Å². The lowest BCUT2D eigenvalue weighted by Crippen LogP contribution is -2.15. The minimum absolute atomic E-state index is 0.169. The number of rotatable bonds is 3. The molecule has 0 radical (unpaired) electrons. The van der Waals surface area contributed by atoms with Gasteiger partial charge in [0.1, 0.15) is 0 Å². The fourth-order valence-electron chi connectivity index (χ4n) is 2.06. The van der Waals surface area contributed by atoms with E-state index in [0.717, 1.165) is 21.4 Å². The zero-order valence-electron chi connectivity index (χ0n) is 12.3. The number of hydrogen-bond donors (Lipinski definition) is 2. The Bertz CT molecular complexity index is 683. The Morgan fingerprint density at radius 2 is 1.90 bits per heavy atom. The largest absolute Gasteiger partial charge is 0.397 e. The first kappa shape index (κ1) is 15.4. The highest BCUT2D eigenvalue weighted by molar-refractivity contribution is 9.10. The van der Waals surface area contributed by atoms with Gasteiger partial charge in [0, 0.05) is 29.8 Å². The van der Waals surface area contributed by atoms with Gasteiger partial charge in [-0.25, -0.2) is 0 Å². The Balaban J connectivity index is 2.22. The molecule has 0 saturated carbocycles. The SMILES string of the molecule is Cc1cc(Br)ccc1NC(=O)c1ccc(N(C)C)c(N)c1. The number of halogens is 1. The molecule has 4 nitrogen and oxygen atoms in total. The second-order valence-electron chi connectivity index (χ2n) is 5.08. The third-order valence-electron chi connectivity index (χ3n) is 3.21. The third kappa shape index (κ3) is 3.55. The monoisotopic (exact) mass is 347 g/mol. The quantitative estimate of drug-likeness (QED) is 0.833. The molecule has 1 amide bonds. The molecule has 0 saturated heterocycles. The molecule has 0 fully saturated rings. The molecule has 0 unspecified atom stereocenters. The first-order chi connectivity index (χ1) is 9.88. The number of hydrogen-bond acceptors (Lipinski definition) is 3. The van der Waals surface area contributed by atoms with E-state index in [9.17, 15) is 4.79 Å². The molecule has 2 aromatic rings. The summed E-state index contributed by atoms with van der Waals surface area (Å²) in [6.07, 6.45) is 0. The number of carbonyl (C=O) groups excluding carboxylic acids is 1. The maximum atomic E-state index is 12.3. The summed E-state index contributed by atoms with van der Waals surface area (Å²) < 4.78 is 0.984. The van der Waals surface area contributed by atoms with Gasteiger partial charge in [-0.3, -0.25) is 4.79 Å². The summed E-state index contributed by atoms with van der Waals surface area (Å²) in [4.78, 5) is 14.2. The molecule has 21 heavy (non-hydrogen) atoms. The molecule has 110 valence electrons. The molecule has 0 spiro atoms. The lowest BCUT2D eigenvalue weighted by atomic mass is 10.1. The first-order valence-corrected chi connectivity index (χ1v) is 7.32. The third-order valence-corrected chi connectivity index (χ3v) is 3.70. The van der Waals surface area contributed by atoms with Crippen LogP contribution in [0.5, 0.6) is 0 Å². The first-order valence-electron chi connectivity index (χ1n) is 6.53. The maximum absolute atomic E-state index is 12.3. The normalized spacial score (nSPS) is 10.3. The van der Waals surface area contributed by atoms with E-state index in [0.29, 0.717) is 11.3 Å². The van der Waals surface area contributed by atoms with Gasteiger partial charge in [0.2, 0.25) is 0 Å². The lowest BCUT2D eigenvalue weighted by molar-refractivity contribution is 0.102. The van der Waals surface area contributed by atoms with Crippen LogP contribution in [0.25, 0.3) is 0 Å². The molecule has 0 atom stereocenters. The van der Waals surface area contributed by atoms with Crippen LogP contribution in [0.3, 0.4) is 0 Å². The summed E-state index contributed by atoms with van der Waals surface area (Å²) in [5.74, 6) is -0.169. The number of nitrogens with two attached hydrogens (primary N) is 1. The summed E-state index contributed by atoms with van der Waals surface area (Å²) in [6.45, 7) is 1.95. The van der Waals surface area contributed by atoms with Crippen molar-refractivity contribution in [2.75, 3.05) is 30.0 Å². The predicted octanol–water partition coefficient (Wildman–Crippen LogP) is 3.66. The van der Waals surface area contributed by atoms with Crippen molar-refractivity contribution in [3.8, 4) is 0 Å². The number of amides is 1. The van der Waals surface area contributed by atoms with Crippen molar-refractivity contribution < 1.29 is 4.79 Å². The van der Waals surface area contributed by atoms with Crippen molar-refractivity contribution in [1.82, 2.24) is 0 Å². The fourth-order valence-corrected chi connectivity index (χ4v) is 2.54. The number of nitrogen functional groups attached to an aromatic ring is 1. The number of aryl methyl sites for hydroxylation is 1. The molecule has 0 bridgehead atoms. The highest BCUT2D eigenvalue weighted by atomic mass is 79.9. The lowest BCUT2D eigenvalue weighted by Gasteiger charge is -2.16.